The molecule has 0 aromatic heterocycles. The van der Waals surface area contributed by atoms with Gasteiger partial charge in [-0.25, -0.2) is 0 Å². The van der Waals surface area contributed by atoms with Gasteiger partial charge in [0.2, 0.25) is 0 Å². The number of benzene rings is 1. The number of phenols is 2. The summed E-state index contributed by atoms with van der Waals surface area (Å²) in [5, 5.41) is 18.8. The standard InChI is InChI=1S/C12H17BO2/c13-8-4-2-1-3-5-10-9-11(14)6-7-12(10)15/h6-7,9,14-15H,1-5,8H2. The first-order valence-corrected chi connectivity index (χ1v) is 5.45. The molecule has 1 aromatic rings. The van der Waals surface area contributed by atoms with Crippen LogP contribution < -0.4 is 0 Å². The Balaban J connectivity index is 2.33. The molecular formula is C12H17BO2. The highest BCUT2D eigenvalue weighted by Crippen LogP contribution is 2.23. The Hall–Kier alpha value is -1.12. The van der Waals surface area contributed by atoms with Crippen LogP contribution in [0.15, 0.2) is 18.2 Å². The summed E-state index contributed by atoms with van der Waals surface area (Å²) in [7, 11) is 5.39. The van der Waals surface area contributed by atoms with Gasteiger partial charge in [0.25, 0.3) is 0 Å². The minimum Gasteiger partial charge on any atom is -0.508 e. The molecule has 0 saturated carbocycles. The fourth-order valence-electron chi connectivity index (χ4n) is 1.59. The summed E-state index contributed by atoms with van der Waals surface area (Å²) in [5.74, 6) is 0.483. The van der Waals surface area contributed by atoms with Crippen molar-refractivity contribution in [3.63, 3.8) is 0 Å². The van der Waals surface area contributed by atoms with Gasteiger partial charge in [-0.2, -0.15) is 0 Å². The van der Waals surface area contributed by atoms with E-state index in [-0.39, 0.29) is 11.5 Å². The van der Waals surface area contributed by atoms with Gasteiger partial charge in [0, 0.05) is 0 Å². The quantitative estimate of drug-likeness (QED) is 0.425. The van der Waals surface area contributed by atoms with Crippen LogP contribution in [0.3, 0.4) is 0 Å². The summed E-state index contributed by atoms with van der Waals surface area (Å²) < 4.78 is 0. The number of aromatic hydroxyl groups is 2. The van der Waals surface area contributed by atoms with Crippen molar-refractivity contribution in [2.75, 3.05) is 0 Å². The summed E-state index contributed by atoms with van der Waals surface area (Å²) in [6, 6.07) is 4.65. The molecule has 0 heterocycles. The van der Waals surface area contributed by atoms with Crippen molar-refractivity contribution < 1.29 is 10.2 Å². The first-order chi connectivity index (χ1) is 7.24. The third-order valence-electron chi connectivity index (χ3n) is 2.46. The Morgan fingerprint density at radius 1 is 1.00 bits per heavy atom. The van der Waals surface area contributed by atoms with Gasteiger partial charge in [-0.3, -0.25) is 0 Å². The first-order valence-electron chi connectivity index (χ1n) is 5.45. The summed E-state index contributed by atoms with van der Waals surface area (Å²) in [5.41, 5.74) is 0.822. The van der Waals surface area contributed by atoms with E-state index in [0.717, 1.165) is 44.0 Å². The van der Waals surface area contributed by atoms with Crippen molar-refractivity contribution in [2.24, 2.45) is 0 Å². The number of hydrogen-bond acceptors (Lipinski definition) is 2. The Labute approximate surface area is 92.4 Å². The van der Waals surface area contributed by atoms with Gasteiger partial charge in [0.15, 0.2) is 0 Å². The van der Waals surface area contributed by atoms with Crippen molar-refractivity contribution in [2.45, 2.75) is 38.4 Å². The summed E-state index contributed by atoms with van der Waals surface area (Å²) in [6.07, 6.45) is 5.90. The third kappa shape index (κ3) is 4.28. The lowest BCUT2D eigenvalue weighted by Gasteiger charge is -2.05. The highest BCUT2D eigenvalue weighted by atomic mass is 16.3. The molecule has 0 amide bonds. The third-order valence-corrected chi connectivity index (χ3v) is 2.46. The summed E-state index contributed by atoms with van der Waals surface area (Å²) in [4.78, 5) is 0. The maximum atomic E-state index is 9.51. The van der Waals surface area contributed by atoms with Gasteiger partial charge in [0.05, 0.1) is 7.85 Å². The molecule has 2 nitrogen and oxygen atoms in total. The molecule has 3 heteroatoms. The predicted molar refractivity (Wildman–Crippen MR) is 62.5 cm³/mol. The van der Waals surface area contributed by atoms with Crippen LogP contribution in [0.1, 0.15) is 31.2 Å². The van der Waals surface area contributed by atoms with Gasteiger partial charge in [-0.05, 0) is 36.6 Å². The zero-order valence-corrected chi connectivity index (χ0v) is 8.95. The molecule has 0 saturated heterocycles. The second kappa shape index (κ2) is 6.38. The SMILES string of the molecule is [B]CCCCCCc1cc(O)ccc1O. The Bertz CT molecular complexity index is 300. The van der Waals surface area contributed by atoms with E-state index in [9.17, 15) is 10.2 Å². The van der Waals surface area contributed by atoms with Crippen molar-refractivity contribution in [1.82, 2.24) is 0 Å². The lowest BCUT2D eigenvalue weighted by atomic mass is 9.98. The number of unbranched alkanes of at least 4 members (excludes halogenated alkanes) is 3. The molecule has 1 aromatic carbocycles. The van der Waals surface area contributed by atoms with Crippen LogP contribution >= 0.6 is 0 Å². The molecule has 0 unspecified atom stereocenters. The van der Waals surface area contributed by atoms with Crippen molar-refractivity contribution in [3.8, 4) is 11.5 Å². The number of hydrogen-bond donors (Lipinski definition) is 2. The lowest BCUT2D eigenvalue weighted by molar-refractivity contribution is 0.452. The van der Waals surface area contributed by atoms with E-state index in [1.807, 2.05) is 0 Å². The van der Waals surface area contributed by atoms with Crippen LogP contribution in [0, 0.1) is 0 Å². The fraction of sp³-hybridized carbons (Fsp3) is 0.500. The van der Waals surface area contributed by atoms with Crippen molar-refractivity contribution >= 4 is 7.85 Å². The zero-order valence-electron chi connectivity index (χ0n) is 8.95. The van der Waals surface area contributed by atoms with Crippen LogP contribution in [-0.4, -0.2) is 18.1 Å². The van der Waals surface area contributed by atoms with Crippen LogP contribution in [0.2, 0.25) is 6.32 Å². The van der Waals surface area contributed by atoms with E-state index < -0.39 is 0 Å². The van der Waals surface area contributed by atoms with Crippen LogP contribution in [0.25, 0.3) is 0 Å². The summed E-state index contributed by atoms with van der Waals surface area (Å²) in [6.45, 7) is 0. The topological polar surface area (TPSA) is 40.5 Å². The average Bonchev–Trinajstić information content (AvgIpc) is 2.23. The van der Waals surface area contributed by atoms with E-state index in [1.54, 1.807) is 6.07 Å². The normalized spacial score (nSPS) is 10.4. The van der Waals surface area contributed by atoms with Crippen LogP contribution in [0.4, 0.5) is 0 Å². The minimum atomic E-state index is 0.213. The molecule has 0 atom stereocenters. The second-order valence-electron chi connectivity index (χ2n) is 3.77. The molecule has 0 bridgehead atoms. The molecule has 2 N–H and O–H groups in total. The Morgan fingerprint density at radius 3 is 2.47 bits per heavy atom. The molecule has 0 spiro atoms. The smallest absolute Gasteiger partial charge is 0.119 e. The number of phenolic OH excluding ortho intramolecular Hbond substituents is 2. The monoisotopic (exact) mass is 204 g/mol. The van der Waals surface area contributed by atoms with E-state index in [2.05, 4.69) is 0 Å². The van der Waals surface area contributed by atoms with Gasteiger partial charge < -0.3 is 10.2 Å². The zero-order chi connectivity index (χ0) is 11.1. The molecule has 0 fully saturated rings. The minimum absolute atomic E-state index is 0.213. The highest BCUT2D eigenvalue weighted by molar-refractivity contribution is 6.08. The largest absolute Gasteiger partial charge is 0.508 e. The molecule has 1 rings (SSSR count). The van der Waals surface area contributed by atoms with Gasteiger partial charge >= 0.3 is 0 Å². The molecule has 0 aliphatic carbocycles. The van der Waals surface area contributed by atoms with E-state index in [0.29, 0.717) is 0 Å². The van der Waals surface area contributed by atoms with Gasteiger partial charge in [0.1, 0.15) is 11.5 Å². The molecule has 0 aliphatic heterocycles. The highest BCUT2D eigenvalue weighted by Gasteiger charge is 2.01. The molecule has 15 heavy (non-hydrogen) atoms. The average molecular weight is 204 g/mol. The van der Waals surface area contributed by atoms with Crippen LogP contribution in [0.5, 0.6) is 11.5 Å². The van der Waals surface area contributed by atoms with Crippen LogP contribution in [-0.2, 0) is 6.42 Å². The number of aryl methyl sites for hydroxylation is 1. The summed E-state index contributed by atoms with van der Waals surface area (Å²) >= 11 is 0. The maximum Gasteiger partial charge on any atom is 0.119 e. The second-order valence-corrected chi connectivity index (χ2v) is 3.77. The Kier molecular flexibility index (Phi) is 5.09. The van der Waals surface area contributed by atoms with Crippen molar-refractivity contribution in [1.29, 1.82) is 0 Å². The lowest BCUT2D eigenvalue weighted by Crippen LogP contribution is -1.87. The van der Waals surface area contributed by atoms with E-state index in [4.69, 9.17) is 7.85 Å². The fourth-order valence-corrected chi connectivity index (χ4v) is 1.59. The molecule has 80 valence electrons. The molecule has 0 aliphatic rings. The van der Waals surface area contributed by atoms with Gasteiger partial charge in [-0.15, -0.1) is 0 Å². The Morgan fingerprint density at radius 2 is 1.73 bits per heavy atom. The molecule has 2 radical (unpaired) electrons. The maximum absolute atomic E-state index is 9.51. The van der Waals surface area contributed by atoms with Crippen molar-refractivity contribution in [3.05, 3.63) is 23.8 Å². The first kappa shape index (κ1) is 12.0. The van der Waals surface area contributed by atoms with E-state index >= 15 is 0 Å². The van der Waals surface area contributed by atoms with Gasteiger partial charge in [-0.1, -0.05) is 25.6 Å². The number of rotatable bonds is 6. The predicted octanol–water partition coefficient (Wildman–Crippen LogP) is 2.79. The molecular weight excluding hydrogens is 187 g/mol. The van der Waals surface area contributed by atoms with E-state index in [1.165, 1.54) is 12.1 Å².